The molecule has 0 bridgehead atoms. The van der Waals surface area contributed by atoms with Crippen molar-refractivity contribution in [3.63, 3.8) is 0 Å². The third-order valence-electron chi connectivity index (χ3n) is 4.10. The molecule has 0 aliphatic rings. The van der Waals surface area contributed by atoms with Gasteiger partial charge in [0.25, 0.3) is 5.91 Å². The van der Waals surface area contributed by atoms with Crippen molar-refractivity contribution in [2.45, 2.75) is 46.2 Å². The molecule has 0 unspecified atom stereocenters. The molecule has 0 radical (unpaired) electrons. The molecule has 0 spiro atoms. The van der Waals surface area contributed by atoms with Crippen LogP contribution >= 0.6 is 24.0 Å². The molecule has 5 N–H and O–H groups in total. The highest BCUT2D eigenvalue weighted by Gasteiger charge is 2.19. The number of oxazole rings is 1. The average Bonchev–Trinajstić information content (AvgIpc) is 3.18. The van der Waals surface area contributed by atoms with Gasteiger partial charge < -0.3 is 26.1 Å². The second-order valence-corrected chi connectivity index (χ2v) is 7.76. The van der Waals surface area contributed by atoms with Gasteiger partial charge in [0, 0.05) is 17.5 Å². The molecule has 2 rings (SSSR count). The Hall–Kier alpha value is -2.63. The summed E-state index contributed by atoms with van der Waals surface area (Å²) in [6, 6.07) is 7.00. The number of guanidine groups is 1. The number of halogens is 1. The van der Waals surface area contributed by atoms with Gasteiger partial charge in [-0.1, -0.05) is 32.9 Å². The maximum atomic E-state index is 11.9. The molecule has 1 heterocycles. The molecule has 2 aromatic rings. The van der Waals surface area contributed by atoms with Gasteiger partial charge in [-0.05, 0) is 24.6 Å². The highest BCUT2D eigenvalue weighted by molar-refractivity contribution is 14.0. The van der Waals surface area contributed by atoms with Crippen LogP contribution in [0.25, 0.3) is 0 Å². The smallest absolute Gasteiger partial charge is 0.251 e. The van der Waals surface area contributed by atoms with Crippen molar-refractivity contribution in [1.29, 1.82) is 0 Å². The Labute approximate surface area is 199 Å². The van der Waals surface area contributed by atoms with Crippen molar-refractivity contribution in [1.82, 2.24) is 20.9 Å². The molecule has 0 aliphatic carbocycles. The van der Waals surface area contributed by atoms with Crippen LogP contribution in [0.4, 0.5) is 0 Å². The Morgan fingerprint density at radius 3 is 2.35 bits per heavy atom. The lowest BCUT2D eigenvalue weighted by atomic mass is 9.94. The van der Waals surface area contributed by atoms with Crippen LogP contribution in [0.2, 0.25) is 0 Å². The monoisotopic (exact) mass is 542 g/mol. The Kier molecular flexibility index (Phi) is 10.5. The Bertz CT molecular complexity index is 887. The first-order chi connectivity index (χ1) is 14.2. The first kappa shape index (κ1) is 26.4. The molecule has 0 fully saturated rings. The first-order valence-corrected chi connectivity index (χ1v) is 9.82. The van der Waals surface area contributed by atoms with Crippen LogP contribution in [0.1, 0.15) is 55.3 Å². The van der Waals surface area contributed by atoms with Crippen molar-refractivity contribution in [3.8, 4) is 0 Å². The maximum absolute atomic E-state index is 11.9. The van der Waals surface area contributed by atoms with Crippen LogP contribution < -0.4 is 21.7 Å². The topological polar surface area (TPSA) is 135 Å². The Morgan fingerprint density at radius 2 is 1.81 bits per heavy atom. The molecule has 170 valence electrons. The highest BCUT2D eigenvalue weighted by atomic mass is 127. The van der Waals surface area contributed by atoms with Crippen molar-refractivity contribution >= 4 is 41.8 Å². The third kappa shape index (κ3) is 8.95. The standard InChI is InChI=1S/C21H30N6O3.HI/c1-5-23-20(27-13-18-24-11-16(30-18)21(2,3)4)26-10-14-6-8-15(9-7-14)19(29)25-12-17(22)28;/h6-9,11H,5,10,12-13H2,1-4H3,(H2,22,28)(H,25,29)(H2,23,26,27);1H. The summed E-state index contributed by atoms with van der Waals surface area (Å²) in [6.07, 6.45) is 1.75. The van der Waals surface area contributed by atoms with Crippen LogP contribution in [0, 0.1) is 0 Å². The molecule has 9 nitrogen and oxygen atoms in total. The van der Waals surface area contributed by atoms with Gasteiger partial charge in [-0.15, -0.1) is 24.0 Å². The van der Waals surface area contributed by atoms with Gasteiger partial charge in [-0.3, -0.25) is 9.59 Å². The summed E-state index contributed by atoms with van der Waals surface area (Å²) >= 11 is 0. The number of hydrogen-bond donors (Lipinski definition) is 4. The normalized spacial score (nSPS) is 11.4. The third-order valence-corrected chi connectivity index (χ3v) is 4.10. The minimum atomic E-state index is -0.586. The molecule has 31 heavy (non-hydrogen) atoms. The number of carbonyl (C=O) groups excluding carboxylic acids is 2. The number of nitrogens with one attached hydrogen (secondary N) is 3. The van der Waals surface area contributed by atoms with E-state index in [1.54, 1.807) is 18.3 Å². The highest BCUT2D eigenvalue weighted by Crippen LogP contribution is 2.22. The predicted molar refractivity (Wildman–Crippen MR) is 130 cm³/mol. The van der Waals surface area contributed by atoms with Crippen LogP contribution in [0.3, 0.4) is 0 Å². The minimum Gasteiger partial charge on any atom is -0.443 e. The van der Waals surface area contributed by atoms with Gasteiger partial charge >= 0.3 is 0 Å². The maximum Gasteiger partial charge on any atom is 0.251 e. The van der Waals surface area contributed by atoms with Crippen molar-refractivity contribution in [3.05, 3.63) is 53.2 Å². The number of primary amides is 1. The molecule has 0 saturated heterocycles. The predicted octanol–water partition coefficient (Wildman–Crippen LogP) is 2.06. The number of benzene rings is 1. The first-order valence-electron chi connectivity index (χ1n) is 9.82. The molecule has 1 aromatic carbocycles. The lowest BCUT2D eigenvalue weighted by Crippen LogP contribution is -2.36. The molecule has 1 aromatic heterocycles. The van der Waals surface area contributed by atoms with Crippen LogP contribution in [0.5, 0.6) is 0 Å². The zero-order valence-electron chi connectivity index (χ0n) is 18.3. The minimum absolute atomic E-state index is 0. The number of amides is 2. The van der Waals surface area contributed by atoms with Gasteiger partial charge in [-0.25, -0.2) is 9.98 Å². The molecule has 0 saturated carbocycles. The number of nitrogens with zero attached hydrogens (tertiary/aromatic N) is 2. The number of aliphatic imine (C=N–C) groups is 1. The van der Waals surface area contributed by atoms with E-state index in [1.165, 1.54) is 0 Å². The van der Waals surface area contributed by atoms with Crippen molar-refractivity contribution in [2.75, 3.05) is 13.1 Å². The molecule has 10 heteroatoms. The van der Waals surface area contributed by atoms with E-state index in [0.717, 1.165) is 11.3 Å². The zero-order chi connectivity index (χ0) is 22.1. The number of rotatable bonds is 8. The number of carbonyl (C=O) groups is 2. The molecule has 2 amide bonds. The van der Waals surface area contributed by atoms with E-state index in [-0.39, 0.29) is 41.8 Å². The fraction of sp³-hybridized carbons (Fsp3) is 0.429. The summed E-state index contributed by atoms with van der Waals surface area (Å²) in [4.78, 5) is 31.5. The summed E-state index contributed by atoms with van der Waals surface area (Å²) in [7, 11) is 0. The lowest BCUT2D eigenvalue weighted by molar-refractivity contribution is -0.117. The fourth-order valence-electron chi connectivity index (χ4n) is 2.44. The Morgan fingerprint density at radius 1 is 1.13 bits per heavy atom. The number of aromatic nitrogens is 1. The largest absolute Gasteiger partial charge is 0.443 e. The summed E-state index contributed by atoms with van der Waals surface area (Å²) in [5.41, 5.74) is 6.32. The molecular formula is C21H31IN6O3. The van der Waals surface area contributed by atoms with E-state index < -0.39 is 5.91 Å². The Balaban J connectivity index is 0.00000480. The van der Waals surface area contributed by atoms with Crippen LogP contribution in [-0.4, -0.2) is 35.8 Å². The van der Waals surface area contributed by atoms with E-state index in [9.17, 15) is 9.59 Å². The summed E-state index contributed by atoms with van der Waals surface area (Å²) in [5, 5.41) is 8.83. The van der Waals surface area contributed by atoms with Crippen molar-refractivity contribution in [2.24, 2.45) is 10.7 Å². The van der Waals surface area contributed by atoms with E-state index in [2.05, 4.69) is 46.7 Å². The molecular weight excluding hydrogens is 511 g/mol. The summed E-state index contributed by atoms with van der Waals surface area (Å²) in [6.45, 7) is 9.57. The second kappa shape index (κ2) is 12.3. The van der Waals surface area contributed by atoms with E-state index in [1.807, 2.05) is 19.1 Å². The molecule has 0 atom stereocenters. The van der Waals surface area contributed by atoms with Gasteiger partial charge in [0.1, 0.15) is 5.76 Å². The SMILES string of the molecule is CCNC(=NCc1ccc(C(=O)NCC(N)=O)cc1)NCc1ncc(C(C)(C)C)o1.I. The van der Waals surface area contributed by atoms with E-state index >= 15 is 0 Å². The van der Waals surface area contributed by atoms with Crippen LogP contribution in [-0.2, 0) is 23.3 Å². The van der Waals surface area contributed by atoms with Gasteiger partial charge in [0.05, 0.1) is 25.8 Å². The quantitative estimate of drug-likeness (QED) is 0.229. The number of nitrogens with two attached hydrogens (primary N) is 1. The van der Waals surface area contributed by atoms with Crippen molar-refractivity contribution < 1.29 is 14.0 Å². The van der Waals surface area contributed by atoms with Gasteiger partial charge in [0.2, 0.25) is 11.8 Å². The van der Waals surface area contributed by atoms with E-state index in [0.29, 0.717) is 37.0 Å². The summed E-state index contributed by atoms with van der Waals surface area (Å²) < 4.78 is 5.79. The molecule has 0 aliphatic heterocycles. The summed E-state index contributed by atoms with van der Waals surface area (Å²) in [5.74, 6) is 1.13. The van der Waals surface area contributed by atoms with Crippen LogP contribution in [0.15, 0.2) is 39.9 Å². The van der Waals surface area contributed by atoms with Gasteiger partial charge in [-0.2, -0.15) is 0 Å². The average molecular weight is 542 g/mol. The second-order valence-electron chi connectivity index (χ2n) is 7.76. The van der Waals surface area contributed by atoms with E-state index in [4.69, 9.17) is 10.2 Å². The fourth-order valence-corrected chi connectivity index (χ4v) is 2.44. The van der Waals surface area contributed by atoms with Gasteiger partial charge in [0.15, 0.2) is 5.96 Å². The lowest BCUT2D eigenvalue weighted by Gasteiger charge is -2.13. The zero-order valence-corrected chi connectivity index (χ0v) is 20.7. The number of hydrogen-bond acceptors (Lipinski definition) is 5.